The van der Waals surface area contributed by atoms with Gasteiger partial charge < -0.3 is 0 Å². The van der Waals surface area contributed by atoms with Crippen LogP contribution in [0.3, 0.4) is 0 Å². The number of aryl methyl sites for hydroxylation is 1. The van der Waals surface area contributed by atoms with Gasteiger partial charge in [-0.05, 0) is 37.0 Å². The molecule has 1 aromatic carbocycles. The number of hydrogen-bond acceptors (Lipinski definition) is 0. The van der Waals surface area contributed by atoms with E-state index in [0.717, 1.165) is 0 Å². The summed E-state index contributed by atoms with van der Waals surface area (Å²) in [5, 5.41) is 0. The van der Waals surface area contributed by atoms with Crippen LogP contribution in [-0.2, 0) is 6.42 Å². The molecule has 0 aliphatic rings. The summed E-state index contributed by atoms with van der Waals surface area (Å²) in [4.78, 5) is 0. The molecule has 0 saturated heterocycles. The van der Waals surface area contributed by atoms with Gasteiger partial charge in [0.2, 0.25) is 0 Å². The van der Waals surface area contributed by atoms with Crippen LogP contribution in [0.2, 0.25) is 0 Å². The maximum Gasteiger partial charge on any atom is 0.129 e. The first kappa shape index (κ1) is 14.1. The second kappa shape index (κ2) is 6.54. The van der Waals surface area contributed by atoms with Crippen molar-refractivity contribution < 1.29 is 8.78 Å². The van der Waals surface area contributed by atoms with Crippen molar-refractivity contribution in [3.63, 3.8) is 0 Å². The fourth-order valence-electron chi connectivity index (χ4n) is 1.33. The minimum absolute atomic E-state index is 0.209. The summed E-state index contributed by atoms with van der Waals surface area (Å²) in [5.41, 5.74) is 0.836. The molecule has 0 N–H and O–H groups in total. The van der Waals surface area contributed by atoms with Gasteiger partial charge in [0, 0.05) is 5.56 Å². The molecule has 0 bridgehead atoms. The number of hydrogen-bond donors (Lipinski definition) is 0. The molecule has 0 nitrogen and oxygen atoms in total. The first-order valence-electron chi connectivity index (χ1n) is 5.45. The summed E-state index contributed by atoms with van der Waals surface area (Å²) in [7, 11) is 0. The predicted molar refractivity (Wildman–Crippen MR) is 61.0 cm³/mol. The molecule has 0 amide bonds. The van der Waals surface area contributed by atoms with Crippen LogP contribution >= 0.6 is 0 Å². The van der Waals surface area contributed by atoms with Crippen molar-refractivity contribution in [3.8, 4) is 0 Å². The van der Waals surface area contributed by atoms with Crippen molar-refractivity contribution >= 4 is 0 Å². The van der Waals surface area contributed by atoms with Crippen molar-refractivity contribution in [2.75, 3.05) is 0 Å². The smallest absolute Gasteiger partial charge is 0.129 e. The molecular formula is C13H20F2. The summed E-state index contributed by atoms with van der Waals surface area (Å²) in [6, 6.07) is 2.75. The van der Waals surface area contributed by atoms with E-state index < -0.39 is 11.6 Å². The van der Waals surface area contributed by atoms with Crippen molar-refractivity contribution in [3.05, 3.63) is 34.9 Å². The zero-order chi connectivity index (χ0) is 12.0. The Balaban J connectivity index is 0.000000921. The second-order valence-electron chi connectivity index (χ2n) is 3.81. The summed E-state index contributed by atoms with van der Waals surface area (Å²) in [6.07, 6.45) is 0.456. The monoisotopic (exact) mass is 214 g/mol. The summed E-state index contributed by atoms with van der Waals surface area (Å²) in [6.45, 7) is 9.57. The lowest BCUT2D eigenvalue weighted by Crippen LogP contribution is -2.01. The van der Waals surface area contributed by atoms with Gasteiger partial charge in [-0.25, -0.2) is 8.78 Å². The van der Waals surface area contributed by atoms with Gasteiger partial charge in [-0.15, -0.1) is 0 Å². The van der Waals surface area contributed by atoms with E-state index in [9.17, 15) is 8.78 Å². The molecule has 0 radical (unpaired) electrons. The van der Waals surface area contributed by atoms with Crippen LogP contribution in [0.4, 0.5) is 8.78 Å². The minimum atomic E-state index is -0.425. The predicted octanol–water partition coefficient (Wildman–Crippen LogP) is 4.50. The lowest BCUT2D eigenvalue weighted by atomic mass is 10.0. The SMILES string of the molecule is CC.Cc1cc(F)c(CC(C)C)c(F)c1. The molecule has 0 heterocycles. The zero-order valence-electron chi connectivity index (χ0n) is 10.2. The number of benzene rings is 1. The molecule has 0 saturated carbocycles. The van der Waals surface area contributed by atoms with Gasteiger partial charge in [-0.2, -0.15) is 0 Å². The normalized spacial score (nSPS) is 9.87. The standard InChI is InChI=1S/C11H14F2.C2H6/c1-7(2)4-9-10(12)5-8(3)6-11(9)13;1-2/h5-7H,4H2,1-3H3;1-2H3. The minimum Gasteiger partial charge on any atom is -0.207 e. The van der Waals surface area contributed by atoms with E-state index in [0.29, 0.717) is 12.0 Å². The van der Waals surface area contributed by atoms with Crippen LogP contribution in [0.1, 0.15) is 38.8 Å². The van der Waals surface area contributed by atoms with Gasteiger partial charge in [0.25, 0.3) is 0 Å². The number of rotatable bonds is 2. The molecular weight excluding hydrogens is 194 g/mol. The lowest BCUT2D eigenvalue weighted by Gasteiger charge is -2.08. The Bertz CT molecular complexity index is 280. The third-order valence-electron chi connectivity index (χ3n) is 1.90. The average molecular weight is 214 g/mol. The fourth-order valence-corrected chi connectivity index (χ4v) is 1.33. The Morgan fingerprint density at radius 1 is 1.07 bits per heavy atom. The largest absolute Gasteiger partial charge is 0.207 e. The maximum absolute atomic E-state index is 13.2. The van der Waals surface area contributed by atoms with Gasteiger partial charge in [0.05, 0.1) is 0 Å². The van der Waals surface area contributed by atoms with Crippen molar-refractivity contribution in [2.24, 2.45) is 5.92 Å². The maximum atomic E-state index is 13.2. The van der Waals surface area contributed by atoms with Gasteiger partial charge in [-0.1, -0.05) is 27.7 Å². The fraction of sp³-hybridized carbons (Fsp3) is 0.538. The molecule has 0 atom stereocenters. The van der Waals surface area contributed by atoms with E-state index >= 15 is 0 Å². The van der Waals surface area contributed by atoms with Crippen molar-refractivity contribution in [1.82, 2.24) is 0 Å². The van der Waals surface area contributed by atoms with E-state index in [2.05, 4.69) is 0 Å². The van der Waals surface area contributed by atoms with Crippen LogP contribution in [0.15, 0.2) is 12.1 Å². The first-order chi connectivity index (χ1) is 7.00. The zero-order valence-corrected chi connectivity index (χ0v) is 10.2. The summed E-state index contributed by atoms with van der Waals surface area (Å²) < 4.78 is 26.5. The Morgan fingerprint density at radius 2 is 1.47 bits per heavy atom. The van der Waals surface area contributed by atoms with Crippen molar-refractivity contribution in [1.29, 1.82) is 0 Å². The third kappa shape index (κ3) is 4.41. The van der Waals surface area contributed by atoms with Crippen molar-refractivity contribution in [2.45, 2.75) is 41.0 Å². The first-order valence-corrected chi connectivity index (χ1v) is 5.45. The molecule has 86 valence electrons. The van der Waals surface area contributed by atoms with E-state index in [4.69, 9.17) is 0 Å². The van der Waals surface area contributed by atoms with E-state index in [1.165, 1.54) is 12.1 Å². The third-order valence-corrected chi connectivity index (χ3v) is 1.90. The Labute approximate surface area is 91.3 Å². The highest BCUT2D eigenvalue weighted by Gasteiger charge is 2.10. The quantitative estimate of drug-likeness (QED) is 0.680. The Morgan fingerprint density at radius 3 is 1.80 bits per heavy atom. The summed E-state index contributed by atoms with van der Waals surface area (Å²) >= 11 is 0. The molecule has 0 spiro atoms. The van der Waals surface area contributed by atoms with Crippen LogP contribution in [0, 0.1) is 24.5 Å². The Kier molecular flexibility index (Phi) is 6.14. The van der Waals surface area contributed by atoms with Gasteiger partial charge in [0.15, 0.2) is 0 Å². The molecule has 1 aromatic rings. The van der Waals surface area contributed by atoms with Crippen LogP contribution in [0.5, 0.6) is 0 Å². The van der Waals surface area contributed by atoms with Crippen LogP contribution in [0.25, 0.3) is 0 Å². The molecule has 0 aromatic heterocycles. The molecule has 15 heavy (non-hydrogen) atoms. The topological polar surface area (TPSA) is 0 Å². The lowest BCUT2D eigenvalue weighted by molar-refractivity contribution is 0.524. The summed E-state index contributed by atoms with van der Waals surface area (Å²) in [5.74, 6) is -0.580. The number of halogens is 2. The highest BCUT2D eigenvalue weighted by Crippen LogP contribution is 2.18. The van der Waals surface area contributed by atoms with Gasteiger partial charge >= 0.3 is 0 Å². The molecule has 0 aliphatic carbocycles. The molecule has 0 unspecified atom stereocenters. The molecule has 2 heteroatoms. The van der Waals surface area contributed by atoms with Gasteiger partial charge in [-0.3, -0.25) is 0 Å². The highest BCUT2D eigenvalue weighted by molar-refractivity contribution is 5.25. The van der Waals surface area contributed by atoms with E-state index in [-0.39, 0.29) is 11.5 Å². The Hall–Kier alpha value is -0.920. The van der Waals surface area contributed by atoms with Crippen LogP contribution < -0.4 is 0 Å². The van der Waals surface area contributed by atoms with E-state index in [1.54, 1.807) is 6.92 Å². The molecule has 1 rings (SSSR count). The molecule has 0 fully saturated rings. The van der Waals surface area contributed by atoms with E-state index in [1.807, 2.05) is 27.7 Å². The average Bonchev–Trinajstić information content (AvgIpc) is 2.14. The van der Waals surface area contributed by atoms with Crippen LogP contribution in [-0.4, -0.2) is 0 Å². The van der Waals surface area contributed by atoms with Gasteiger partial charge in [0.1, 0.15) is 11.6 Å². The second-order valence-corrected chi connectivity index (χ2v) is 3.81. The highest BCUT2D eigenvalue weighted by atomic mass is 19.1. The molecule has 0 aliphatic heterocycles.